The zero-order valence-corrected chi connectivity index (χ0v) is 15.1. The topological polar surface area (TPSA) is 85.2 Å². The normalized spacial score (nSPS) is 23.3. The summed E-state index contributed by atoms with van der Waals surface area (Å²) in [4.78, 5) is 23.3. The number of likely N-dealkylation sites (tertiary alicyclic amines) is 1. The summed E-state index contributed by atoms with van der Waals surface area (Å²) in [6.45, 7) is 0.544. The van der Waals surface area contributed by atoms with Gasteiger partial charge in [-0.1, -0.05) is 0 Å². The molecule has 0 bridgehead atoms. The van der Waals surface area contributed by atoms with Crippen LogP contribution in [0.5, 0.6) is 5.88 Å². The molecule has 1 saturated heterocycles. The highest BCUT2D eigenvalue weighted by Gasteiger charge is 2.45. The first-order valence-corrected chi connectivity index (χ1v) is 9.05. The number of piperidine rings is 1. The standard InChI is InChI=1S/C18H24N6O2/c1-23-15(7-8-22-23)17-13(5-6-16(25)24(17)12-3-4-12)21-11-14-18(26-2)20-10-9-19-14/h7-10,12-13,17,21H,3-6,11H2,1-2H3/t13-,17-/m1/s1. The van der Waals surface area contributed by atoms with Gasteiger partial charge in [-0.3, -0.25) is 14.5 Å². The van der Waals surface area contributed by atoms with Crippen molar-refractivity contribution in [2.45, 2.75) is 50.4 Å². The number of nitrogens with zero attached hydrogens (tertiary/aromatic N) is 5. The van der Waals surface area contributed by atoms with Gasteiger partial charge in [-0.2, -0.15) is 5.10 Å². The lowest BCUT2D eigenvalue weighted by atomic mass is 9.92. The van der Waals surface area contributed by atoms with Crippen LogP contribution in [0.3, 0.4) is 0 Å². The van der Waals surface area contributed by atoms with Crippen LogP contribution in [0.25, 0.3) is 0 Å². The predicted octanol–water partition coefficient (Wildman–Crippen LogP) is 1.20. The molecule has 0 unspecified atom stereocenters. The van der Waals surface area contributed by atoms with E-state index >= 15 is 0 Å². The molecule has 26 heavy (non-hydrogen) atoms. The minimum atomic E-state index is -0.0149. The van der Waals surface area contributed by atoms with E-state index in [1.807, 2.05) is 17.8 Å². The zero-order valence-electron chi connectivity index (χ0n) is 15.1. The van der Waals surface area contributed by atoms with Crippen molar-refractivity contribution in [3.63, 3.8) is 0 Å². The molecule has 0 aromatic carbocycles. The van der Waals surface area contributed by atoms with Crippen molar-refractivity contribution in [3.8, 4) is 5.88 Å². The number of amides is 1. The fraction of sp³-hybridized carbons (Fsp3) is 0.556. The smallest absolute Gasteiger partial charge is 0.236 e. The molecule has 0 spiro atoms. The minimum Gasteiger partial charge on any atom is -0.480 e. The predicted molar refractivity (Wildman–Crippen MR) is 94.3 cm³/mol. The van der Waals surface area contributed by atoms with E-state index in [1.54, 1.807) is 25.7 Å². The number of aromatic nitrogens is 4. The van der Waals surface area contributed by atoms with E-state index in [9.17, 15) is 4.79 Å². The second kappa shape index (κ2) is 7.03. The van der Waals surface area contributed by atoms with Crippen LogP contribution in [-0.4, -0.2) is 49.7 Å². The van der Waals surface area contributed by atoms with E-state index in [0.717, 1.165) is 30.7 Å². The van der Waals surface area contributed by atoms with E-state index in [2.05, 4.69) is 25.3 Å². The van der Waals surface area contributed by atoms with Gasteiger partial charge in [-0.25, -0.2) is 4.98 Å². The Balaban J connectivity index is 1.59. The second-order valence-corrected chi connectivity index (χ2v) is 6.90. The highest BCUT2D eigenvalue weighted by Crippen LogP contribution is 2.40. The van der Waals surface area contributed by atoms with Crippen LogP contribution < -0.4 is 10.1 Å². The van der Waals surface area contributed by atoms with Gasteiger partial charge in [0.2, 0.25) is 11.8 Å². The molecule has 138 valence electrons. The number of carbonyl (C=O) groups is 1. The summed E-state index contributed by atoms with van der Waals surface area (Å²) < 4.78 is 7.17. The number of carbonyl (C=O) groups excluding carboxylic acids is 1. The number of methoxy groups -OCH3 is 1. The van der Waals surface area contributed by atoms with Crippen LogP contribution in [0.1, 0.15) is 43.1 Å². The molecule has 1 amide bonds. The summed E-state index contributed by atoms with van der Waals surface area (Å²) in [5, 5.41) is 7.91. The Bertz CT molecular complexity index is 787. The van der Waals surface area contributed by atoms with Crippen LogP contribution in [0, 0.1) is 0 Å². The third-order valence-electron chi connectivity index (χ3n) is 5.20. The lowest BCUT2D eigenvalue weighted by Crippen LogP contribution is -2.52. The number of aryl methyl sites for hydroxylation is 1. The molecule has 8 heteroatoms. The van der Waals surface area contributed by atoms with E-state index in [1.165, 1.54) is 0 Å². The van der Waals surface area contributed by atoms with Gasteiger partial charge < -0.3 is 15.0 Å². The summed E-state index contributed by atoms with van der Waals surface area (Å²) in [5.74, 6) is 0.775. The molecule has 2 aliphatic rings. The average molecular weight is 356 g/mol. The molecule has 1 saturated carbocycles. The Morgan fingerprint density at radius 2 is 2.04 bits per heavy atom. The van der Waals surface area contributed by atoms with Crippen molar-refractivity contribution in [1.82, 2.24) is 30.0 Å². The maximum absolute atomic E-state index is 12.6. The van der Waals surface area contributed by atoms with Crippen LogP contribution >= 0.6 is 0 Å². The van der Waals surface area contributed by atoms with Crippen LogP contribution in [0.15, 0.2) is 24.7 Å². The number of hydrogen-bond donors (Lipinski definition) is 1. The van der Waals surface area contributed by atoms with E-state index in [4.69, 9.17) is 4.74 Å². The molecule has 1 N–H and O–H groups in total. The van der Waals surface area contributed by atoms with Gasteiger partial charge in [0, 0.05) is 50.7 Å². The Labute approximate surface area is 152 Å². The Kier molecular flexibility index (Phi) is 4.58. The molecule has 2 aromatic heterocycles. The van der Waals surface area contributed by atoms with E-state index < -0.39 is 0 Å². The summed E-state index contributed by atoms with van der Waals surface area (Å²) in [6, 6.07) is 2.49. The molecule has 3 heterocycles. The Morgan fingerprint density at radius 3 is 2.73 bits per heavy atom. The van der Waals surface area contributed by atoms with Crippen molar-refractivity contribution in [1.29, 1.82) is 0 Å². The number of nitrogens with one attached hydrogen (secondary N) is 1. The van der Waals surface area contributed by atoms with Gasteiger partial charge in [0.15, 0.2) is 0 Å². The number of hydrogen-bond acceptors (Lipinski definition) is 6. The number of ether oxygens (including phenoxy) is 1. The largest absolute Gasteiger partial charge is 0.480 e. The molecule has 2 fully saturated rings. The highest BCUT2D eigenvalue weighted by atomic mass is 16.5. The van der Waals surface area contributed by atoms with Gasteiger partial charge in [0.05, 0.1) is 18.8 Å². The molecule has 4 rings (SSSR count). The summed E-state index contributed by atoms with van der Waals surface area (Å²) in [7, 11) is 3.53. The SMILES string of the molecule is COc1nccnc1CN[C@@H]1CCC(=O)N(C2CC2)[C@H]1c1ccnn1C. The van der Waals surface area contributed by atoms with Crippen molar-refractivity contribution in [2.24, 2.45) is 7.05 Å². The Hall–Kier alpha value is -2.48. The van der Waals surface area contributed by atoms with Gasteiger partial charge in [-0.05, 0) is 25.3 Å². The quantitative estimate of drug-likeness (QED) is 0.837. The van der Waals surface area contributed by atoms with Gasteiger partial charge >= 0.3 is 0 Å². The molecular formula is C18H24N6O2. The molecule has 8 nitrogen and oxygen atoms in total. The van der Waals surface area contributed by atoms with Gasteiger partial charge in [-0.15, -0.1) is 0 Å². The van der Waals surface area contributed by atoms with Gasteiger partial charge in [0.25, 0.3) is 0 Å². The summed E-state index contributed by atoms with van der Waals surface area (Å²) >= 11 is 0. The maximum Gasteiger partial charge on any atom is 0.236 e. The second-order valence-electron chi connectivity index (χ2n) is 6.90. The van der Waals surface area contributed by atoms with Crippen molar-refractivity contribution in [2.75, 3.05) is 7.11 Å². The fourth-order valence-electron chi connectivity index (χ4n) is 3.81. The lowest BCUT2D eigenvalue weighted by molar-refractivity contribution is -0.138. The fourth-order valence-corrected chi connectivity index (χ4v) is 3.81. The van der Waals surface area contributed by atoms with Crippen LogP contribution in [-0.2, 0) is 18.4 Å². The third-order valence-corrected chi connectivity index (χ3v) is 5.20. The van der Waals surface area contributed by atoms with Crippen molar-refractivity contribution >= 4 is 5.91 Å². The summed E-state index contributed by atoms with van der Waals surface area (Å²) in [6.07, 6.45) is 8.62. The third kappa shape index (κ3) is 3.16. The van der Waals surface area contributed by atoms with E-state index in [0.29, 0.717) is 24.9 Å². The molecule has 0 radical (unpaired) electrons. The minimum absolute atomic E-state index is 0.0149. The summed E-state index contributed by atoms with van der Waals surface area (Å²) in [5.41, 5.74) is 1.84. The monoisotopic (exact) mass is 356 g/mol. The zero-order chi connectivity index (χ0) is 18.1. The van der Waals surface area contributed by atoms with Crippen molar-refractivity contribution < 1.29 is 9.53 Å². The average Bonchev–Trinajstić information content (AvgIpc) is 3.41. The van der Waals surface area contributed by atoms with Gasteiger partial charge in [0.1, 0.15) is 5.69 Å². The molecule has 1 aliphatic carbocycles. The first-order chi connectivity index (χ1) is 12.7. The maximum atomic E-state index is 12.6. The first kappa shape index (κ1) is 17.0. The van der Waals surface area contributed by atoms with Crippen molar-refractivity contribution in [3.05, 3.63) is 36.0 Å². The molecule has 1 aliphatic heterocycles. The van der Waals surface area contributed by atoms with Crippen LogP contribution in [0.4, 0.5) is 0 Å². The Morgan fingerprint density at radius 1 is 1.23 bits per heavy atom. The molecule has 2 aromatic rings. The number of rotatable bonds is 6. The van der Waals surface area contributed by atoms with E-state index in [-0.39, 0.29) is 18.0 Å². The highest BCUT2D eigenvalue weighted by molar-refractivity contribution is 5.78. The first-order valence-electron chi connectivity index (χ1n) is 9.05. The lowest BCUT2D eigenvalue weighted by Gasteiger charge is -2.42. The van der Waals surface area contributed by atoms with Crippen LogP contribution in [0.2, 0.25) is 0 Å². The molecule has 2 atom stereocenters. The molecular weight excluding hydrogens is 332 g/mol.